The van der Waals surface area contributed by atoms with E-state index < -0.39 is 6.10 Å². The average molecular weight is 942 g/mol. The van der Waals surface area contributed by atoms with Gasteiger partial charge in [0.25, 0.3) is 0 Å². The SMILES string of the molecule is CCCCCCC/C=C\C/C=C\C/C=C\CCCCCCCCC(=O)OCC(COC(=O)CCCCCCCCC)OC(=O)CCCCCCCCCCCCCCCCCCCCCCC. The van der Waals surface area contributed by atoms with Crippen LogP contribution in [0.1, 0.15) is 316 Å². The summed E-state index contributed by atoms with van der Waals surface area (Å²) in [5, 5.41) is 0. The van der Waals surface area contributed by atoms with Gasteiger partial charge in [0.15, 0.2) is 6.10 Å². The van der Waals surface area contributed by atoms with Crippen molar-refractivity contribution in [3.63, 3.8) is 0 Å². The molecule has 1 unspecified atom stereocenters. The highest BCUT2D eigenvalue weighted by Crippen LogP contribution is 2.17. The molecule has 0 N–H and O–H groups in total. The van der Waals surface area contributed by atoms with Crippen molar-refractivity contribution in [1.82, 2.24) is 0 Å². The lowest BCUT2D eigenvalue weighted by Gasteiger charge is -2.18. The Balaban J connectivity index is 4.18. The highest BCUT2D eigenvalue weighted by atomic mass is 16.6. The lowest BCUT2D eigenvalue weighted by Crippen LogP contribution is -2.30. The molecule has 392 valence electrons. The van der Waals surface area contributed by atoms with Crippen molar-refractivity contribution < 1.29 is 28.6 Å². The maximum atomic E-state index is 12.8. The zero-order valence-electron chi connectivity index (χ0n) is 44.9. The Morgan fingerprint density at radius 1 is 0.299 bits per heavy atom. The van der Waals surface area contributed by atoms with Gasteiger partial charge in [-0.3, -0.25) is 14.4 Å². The average Bonchev–Trinajstić information content (AvgIpc) is 3.33. The van der Waals surface area contributed by atoms with E-state index >= 15 is 0 Å². The van der Waals surface area contributed by atoms with Crippen molar-refractivity contribution in [2.75, 3.05) is 13.2 Å². The second kappa shape index (κ2) is 56.2. The minimum atomic E-state index is -0.772. The Hall–Kier alpha value is -2.37. The highest BCUT2D eigenvalue weighted by molar-refractivity contribution is 5.71. The second-order valence-electron chi connectivity index (χ2n) is 19.9. The molecule has 0 aromatic heterocycles. The summed E-state index contributed by atoms with van der Waals surface area (Å²) in [7, 11) is 0. The monoisotopic (exact) mass is 941 g/mol. The maximum Gasteiger partial charge on any atom is 0.306 e. The first-order chi connectivity index (χ1) is 33.0. The molecule has 67 heavy (non-hydrogen) atoms. The Labute approximate surface area is 416 Å². The van der Waals surface area contributed by atoms with Gasteiger partial charge in [0.2, 0.25) is 0 Å². The summed E-state index contributed by atoms with van der Waals surface area (Å²) >= 11 is 0. The van der Waals surface area contributed by atoms with Crippen molar-refractivity contribution >= 4 is 17.9 Å². The van der Waals surface area contributed by atoms with Crippen molar-refractivity contribution in [1.29, 1.82) is 0 Å². The van der Waals surface area contributed by atoms with Gasteiger partial charge in [-0.25, -0.2) is 0 Å². The lowest BCUT2D eigenvalue weighted by atomic mass is 10.0. The third-order valence-electron chi connectivity index (χ3n) is 13.1. The zero-order valence-corrected chi connectivity index (χ0v) is 44.9. The predicted molar refractivity (Wildman–Crippen MR) is 289 cm³/mol. The minimum Gasteiger partial charge on any atom is -0.462 e. The molecule has 0 bridgehead atoms. The van der Waals surface area contributed by atoms with Crippen LogP contribution in [0.15, 0.2) is 36.5 Å². The van der Waals surface area contributed by atoms with Crippen LogP contribution in [0.25, 0.3) is 0 Å². The van der Waals surface area contributed by atoms with Gasteiger partial charge < -0.3 is 14.2 Å². The number of allylic oxidation sites excluding steroid dienone is 6. The normalized spacial score (nSPS) is 12.2. The molecule has 0 saturated heterocycles. The van der Waals surface area contributed by atoms with Crippen molar-refractivity contribution in [2.45, 2.75) is 322 Å². The van der Waals surface area contributed by atoms with Gasteiger partial charge in [-0.1, -0.05) is 276 Å². The number of hydrogen-bond donors (Lipinski definition) is 0. The summed E-state index contributed by atoms with van der Waals surface area (Å²) in [6.45, 7) is 6.62. The van der Waals surface area contributed by atoms with Crippen LogP contribution in [0.4, 0.5) is 0 Å². The van der Waals surface area contributed by atoms with E-state index in [4.69, 9.17) is 14.2 Å². The van der Waals surface area contributed by atoms with Crippen LogP contribution >= 0.6 is 0 Å². The quantitative estimate of drug-likeness (QED) is 0.0262. The molecule has 1 atom stereocenters. The van der Waals surface area contributed by atoms with Gasteiger partial charge in [-0.15, -0.1) is 0 Å². The van der Waals surface area contributed by atoms with Crippen LogP contribution in [0.3, 0.4) is 0 Å². The first kappa shape index (κ1) is 64.6. The van der Waals surface area contributed by atoms with E-state index in [1.165, 1.54) is 199 Å². The van der Waals surface area contributed by atoms with E-state index in [-0.39, 0.29) is 31.1 Å². The van der Waals surface area contributed by atoms with Crippen molar-refractivity contribution in [2.24, 2.45) is 0 Å². The number of ether oxygens (including phenoxy) is 3. The molecule has 0 aliphatic heterocycles. The fourth-order valence-electron chi connectivity index (χ4n) is 8.69. The summed E-state index contributed by atoms with van der Waals surface area (Å²) in [6.07, 6.45) is 67.3. The zero-order chi connectivity index (χ0) is 48.6. The van der Waals surface area contributed by atoms with E-state index in [9.17, 15) is 14.4 Å². The molecule has 0 heterocycles. The molecule has 0 aromatic carbocycles. The van der Waals surface area contributed by atoms with Gasteiger partial charge in [-0.2, -0.15) is 0 Å². The smallest absolute Gasteiger partial charge is 0.306 e. The van der Waals surface area contributed by atoms with Gasteiger partial charge in [0, 0.05) is 19.3 Å². The van der Waals surface area contributed by atoms with Crippen molar-refractivity contribution in [3.05, 3.63) is 36.5 Å². The number of hydrogen-bond acceptors (Lipinski definition) is 6. The number of unbranched alkanes of at least 4 members (excludes halogenated alkanes) is 37. The van der Waals surface area contributed by atoms with Crippen molar-refractivity contribution in [3.8, 4) is 0 Å². The number of esters is 3. The summed E-state index contributed by atoms with van der Waals surface area (Å²) in [5.74, 6) is -0.875. The number of rotatable bonds is 54. The van der Waals surface area contributed by atoms with E-state index in [0.717, 1.165) is 77.0 Å². The lowest BCUT2D eigenvalue weighted by molar-refractivity contribution is -0.167. The second-order valence-corrected chi connectivity index (χ2v) is 19.9. The standard InChI is InChI=1S/C61H112O6/c1-4-7-10-13-16-18-20-22-24-26-28-30-32-34-36-38-40-42-45-48-51-54-60(63)66-57-58(56-65-59(62)53-50-47-44-15-12-9-6-3)67-61(64)55-52-49-46-43-41-39-37-35-33-31-29-27-25-23-21-19-17-14-11-8-5-2/h20,22,26,28,32,34,58H,4-19,21,23-25,27,29-31,33,35-57H2,1-3H3/b22-20-,28-26-,34-32-. The molecule has 6 heteroatoms. The van der Waals surface area contributed by atoms with E-state index in [0.29, 0.717) is 19.3 Å². The Morgan fingerprint density at radius 3 is 0.836 bits per heavy atom. The van der Waals surface area contributed by atoms with Gasteiger partial charge >= 0.3 is 17.9 Å². The molecule has 0 radical (unpaired) electrons. The van der Waals surface area contributed by atoms with Crippen LogP contribution in [0.2, 0.25) is 0 Å². The van der Waals surface area contributed by atoms with Crippen LogP contribution < -0.4 is 0 Å². The molecule has 0 fully saturated rings. The fraction of sp³-hybridized carbons (Fsp3) is 0.852. The maximum absolute atomic E-state index is 12.8. The highest BCUT2D eigenvalue weighted by Gasteiger charge is 2.19. The Morgan fingerprint density at radius 2 is 0.537 bits per heavy atom. The largest absolute Gasteiger partial charge is 0.462 e. The Bertz CT molecular complexity index is 1130. The van der Waals surface area contributed by atoms with Crippen LogP contribution in [-0.2, 0) is 28.6 Å². The number of carbonyl (C=O) groups is 3. The Kier molecular flexibility index (Phi) is 54.2. The molecule has 0 aromatic rings. The van der Waals surface area contributed by atoms with Crippen LogP contribution in [0.5, 0.6) is 0 Å². The van der Waals surface area contributed by atoms with Crippen LogP contribution in [0, 0.1) is 0 Å². The first-order valence-electron chi connectivity index (χ1n) is 29.5. The molecule has 0 saturated carbocycles. The molecule has 0 spiro atoms. The molecular formula is C61H112O6. The third-order valence-corrected chi connectivity index (χ3v) is 13.1. The summed E-state index contributed by atoms with van der Waals surface area (Å²) in [5.41, 5.74) is 0. The molecule has 0 rings (SSSR count). The third kappa shape index (κ3) is 54.4. The molecule has 0 aliphatic carbocycles. The molecular weight excluding hydrogens is 829 g/mol. The van der Waals surface area contributed by atoms with E-state index in [1.54, 1.807) is 0 Å². The summed E-state index contributed by atoms with van der Waals surface area (Å²) in [6, 6.07) is 0. The van der Waals surface area contributed by atoms with E-state index in [1.807, 2.05) is 0 Å². The fourth-order valence-corrected chi connectivity index (χ4v) is 8.69. The summed E-state index contributed by atoms with van der Waals surface area (Å²) in [4.78, 5) is 38.0. The van der Waals surface area contributed by atoms with E-state index in [2.05, 4.69) is 57.2 Å². The van der Waals surface area contributed by atoms with Gasteiger partial charge in [0.05, 0.1) is 0 Å². The molecule has 0 aliphatic rings. The van der Waals surface area contributed by atoms with Gasteiger partial charge in [-0.05, 0) is 57.8 Å². The van der Waals surface area contributed by atoms with Crippen LogP contribution in [-0.4, -0.2) is 37.2 Å². The number of carbonyl (C=O) groups excluding carboxylic acids is 3. The molecule has 0 amide bonds. The first-order valence-corrected chi connectivity index (χ1v) is 29.5. The molecule has 6 nitrogen and oxygen atoms in total. The summed E-state index contributed by atoms with van der Waals surface area (Å²) < 4.78 is 16.8. The predicted octanol–water partition coefficient (Wildman–Crippen LogP) is 19.7. The topological polar surface area (TPSA) is 78.9 Å². The van der Waals surface area contributed by atoms with Gasteiger partial charge in [0.1, 0.15) is 13.2 Å². The minimum absolute atomic E-state index is 0.0729.